The Morgan fingerprint density at radius 3 is 2.83 bits per heavy atom. The number of amides is 1. The standard InChI is InChI=1S/C22H26N4O2S/c27-19(24-13-6-12-23-16-7-2-1-3-8-16)11-14-26-15-25-21-20(22(26)28)17-9-4-5-10-18(17)29-21/h1-3,7-8,15,23H,4-6,9-14H2,(H,24,27). The molecule has 1 aliphatic rings. The molecule has 0 radical (unpaired) electrons. The highest BCUT2D eigenvalue weighted by Crippen LogP contribution is 2.33. The molecule has 0 saturated carbocycles. The minimum Gasteiger partial charge on any atom is -0.385 e. The van der Waals surface area contributed by atoms with Crippen molar-refractivity contribution in [3.05, 3.63) is 57.5 Å². The number of anilines is 1. The van der Waals surface area contributed by atoms with Crippen molar-refractivity contribution in [1.82, 2.24) is 14.9 Å². The smallest absolute Gasteiger partial charge is 0.262 e. The van der Waals surface area contributed by atoms with Crippen LogP contribution in [0.1, 0.15) is 36.1 Å². The molecule has 0 aliphatic heterocycles. The molecule has 2 N–H and O–H groups in total. The summed E-state index contributed by atoms with van der Waals surface area (Å²) in [6, 6.07) is 10.0. The maximum absolute atomic E-state index is 12.9. The lowest BCUT2D eigenvalue weighted by Crippen LogP contribution is -2.29. The van der Waals surface area contributed by atoms with E-state index in [1.165, 1.54) is 16.9 Å². The highest BCUT2D eigenvalue weighted by molar-refractivity contribution is 7.18. The van der Waals surface area contributed by atoms with E-state index in [0.717, 1.165) is 48.1 Å². The van der Waals surface area contributed by atoms with Gasteiger partial charge in [0, 0.05) is 36.6 Å². The summed E-state index contributed by atoms with van der Waals surface area (Å²) in [5, 5.41) is 7.02. The van der Waals surface area contributed by atoms with Gasteiger partial charge in [0.2, 0.25) is 5.91 Å². The van der Waals surface area contributed by atoms with E-state index in [1.807, 2.05) is 30.3 Å². The Morgan fingerprint density at radius 1 is 1.14 bits per heavy atom. The van der Waals surface area contributed by atoms with Crippen LogP contribution < -0.4 is 16.2 Å². The van der Waals surface area contributed by atoms with Gasteiger partial charge in [0.15, 0.2) is 0 Å². The lowest BCUT2D eigenvalue weighted by molar-refractivity contribution is -0.121. The third-order valence-electron chi connectivity index (χ3n) is 5.30. The number of benzene rings is 1. The van der Waals surface area contributed by atoms with Crippen LogP contribution in [0, 0.1) is 0 Å². The molecule has 152 valence electrons. The first kappa shape index (κ1) is 19.6. The molecule has 0 atom stereocenters. The Labute approximate surface area is 174 Å². The zero-order valence-electron chi connectivity index (χ0n) is 16.4. The molecule has 1 aromatic carbocycles. The van der Waals surface area contributed by atoms with Gasteiger partial charge in [-0.2, -0.15) is 0 Å². The lowest BCUT2D eigenvalue weighted by atomic mass is 9.97. The number of carbonyl (C=O) groups excluding carboxylic acids is 1. The number of fused-ring (bicyclic) bond motifs is 3. The van der Waals surface area contributed by atoms with E-state index in [0.29, 0.717) is 13.1 Å². The predicted molar refractivity (Wildman–Crippen MR) is 118 cm³/mol. The minimum atomic E-state index is -0.0379. The molecule has 29 heavy (non-hydrogen) atoms. The number of carbonyl (C=O) groups is 1. The summed E-state index contributed by atoms with van der Waals surface area (Å²) in [5.74, 6) is -0.0379. The first-order valence-corrected chi connectivity index (χ1v) is 11.1. The molecule has 0 saturated heterocycles. The summed E-state index contributed by atoms with van der Waals surface area (Å²) >= 11 is 1.65. The Morgan fingerprint density at radius 2 is 1.97 bits per heavy atom. The van der Waals surface area contributed by atoms with Gasteiger partial charge < -0.3 is 10.6 Å². The molecule has 6 nitrogen and oxygen atoms in total. The molecule has 4 rings (SSSR count). The summed E-state index contributed by atoms with van der Waals surface area (Å²) in [4.78, 5) is 31.7. The number of thiophene rings is 1. The van der Waals surface area contributed by atoms with Crippen LogP contribution in [0.15, 0.2) is 41.5 Å². The first-order valence-electron chi connectivity index (χ1n) is 10.3. The van der Waals surface area contributed by atoms with Crippen LogP contribution in [0.4, 0.5) is 5.69 Å². The maximum Gasteiger partial charge on any atom is 0.262 e. The number of hydrogen-bond donors (Lipinski definition) is 2. The molecule has 3 aromatic rings. The van der Waals surface area contributed by atoms with Crippen LogP contribution >= 0.6 is 11.3 Å². The number of nitrogens with one attached hydrogen (secondary N) is 2. The van der Waals surface area contributed by atoms with Gasteiger partial charge in [-0.3, -0.25) is 14.2 Å². The number of rotatable bonds is 8. The quantitative estimate of drug-likeness (QED) is 0.559. The summed E-state index contributed by atoms with van der Waals surface area (Å²) < 4.78 is 1.58. The van der Waals surface area contributed by atoms with Crippen molar-refractivity contribution >= 4 is 33.1 Å². The third-order valence-corrected chi connectivity index (χ3v) is 6.50. The number of hydrogen-bond acceptors (Lipinski definition) is 5. The van der Waals surface area contributed by atoms with Crippen molar-refractivity contribution in [1.29, 1.82) is 0 Å². The SMILES string of the molecule is O=C(CCn1cnc2sc3c(c2c1=O)CCCC3)NCCCNc1ccccc1. The summed E-state index contributed by atoms with van der Waals surface area (Å²) in [7, 11) is 0. The van der Waals surface area contributed by atoms with Crippen molar-refractivity contribution in [3.63, 3.8) is 0 Å². The lowest BCUT2D eigenvalue weighted by Gasteiger charge is -2.10. The molecule has 0 unspecified atom stereocenters. The molecule has 7 heteroatoms. The van der Waals surface area contributed by atoms with E-state index in [1.54, 1.807) is 22.2 Å². The van der Waals surface area contributed by atoms with Crippen LogP contribution in [0.3, 0.4) is 0 Å². The Balaban J connectivity index is 1.26. The monoisotopic (exact) mass is 410 g/mol. The average Bonchev–Trinajstić information content (AvgIpc) is 3.13. The normalized spacial score (nSPS) is 13.2. The zero-order valence-corrected chi connectivity index (χ0v) is 17.3. The van der Waals surface area contributed by atoms with Crippen molar-refractivity contribution in [3.8, 4) is 0 Å². The third kappa shape index (κ3) is 4.67. The van der Waals surface area contributed by atoms with Gasteiger partial charge in [0.1, 0.15) is 4.83 Å². The number of para-hydroxylation sites is 1. The Hall–Kier alpha value is -2.67. The van der Waals surface area contributed by atoms with Gasteiger partial charge >= 0.3 is 0 Å². The first-order chi connectivity index (χ1) is 14.2. The Bertz CT molecular complexity index is 1040. The van der Waals surface area contributed by atoms with Crippen molar-refractivity contribution < 1.29 is 4.79 Å². The van der Waals surface area contributed by atoms with Crippen LogP contribution in [-0.4, -0.2) is 28.5 Å². The van der Waals surface area contributed by atoms with E-state index in [2.05, 4.69) is 15.6 Å². The number of aromatic nitrogens is 2. The van der Waals surface area contributed by atoms with Crippen LogP contribution in [0.25, 0.3) is 10.2 Å². The number of aryl methyl sites for hydroxylation is 3. The second kappa shape index (κ2) is 9.22. The van der Waals surface area contributed by atoms with Gasteiger partial charge in [-0.1, -0.05) is 18.2 Å². The minimum absolute atomic E-state index is 0.00531. The largest absolute Gasteiger partial charge is 0.385 e. The summed E-state index contributed by atoms with van der Waals surface area (Å²) in [6.45, 7) is 1.77. The van der Waals surface area contributed by atoms with Crippen LogP contribution in [0.5, 0.6) is 0 Å². The number of nitrogens with zero attached hydrogens (tertiary/aromatic N) is 2. The van der Waals surface area contributed by atoms with E-state index >= 15 is 0 Å². The highest BCUT2D eigenvalue weighted by atomic mass is 32.1. The fraction of sp³-hybridized carbons (Fsp3) is 0.409. The van der Waals surface area contributed by atoms with E-state index in [9.17, 15) is 9.59 Å². The van der Waals surface area contributed by atoms with Crippen LogP contribution in [-0.2, 0) is 24.2 Å². The van der Waals surface area contributed by atoms with Gasteiger partial charge in [-0.25, -0.2) is 4.98 Å². The van der Waals surface area contributed by atoms with E-state index < -0.39 is 0 Å². The molecular weight excluding hydrogens is 384 g/mol. The summed E-state index contributed by atoms with van der Waals surface area (Å²) in [5.41, 5.74) is 2.27. The van der Waals surface area contributed by atoms with E-state index in [4.69, 9.17) is 0 Å². The van der Waals surface area contributed by atoms with Crippen molar-refractivity contribution in [2.45, 2.75) is 45.1 Å². The van der Waals surface area contributed by atoms with Crippen molar-refractivity contribution in [2.75, 3.05) is 18.4 Å². The molecule has 1 aliphatic carbocycles. The van der Waals surface area contributed by atoms with Gasteiger partial charge in [0.25, 0.3) is 5.56 Å². The van der Waals surface area contributed by atoms with E-state index in [-0.39, 0.29) is 17.9 Å². The molecule has 0 spiro atoms. The topological polar surface area (TPSA) is 76.0 Å². The second-order valence-electron chi connectivity index (χ2n) is 7.38. The van der Waals surface area contributed by atoms with Gasteiger partial charge in [-0.05, 0) is 49.8 Å². The predicted octanol–water partition coefficient (Wildman–Crippen LogP) is 3.35. The molecule has 2 aromatic heterocycles. The zero-order chi connectivity index (χ0) is 20.1. The molecule has 0 fully saturated rings. The summed E-state index contributed by atoms with van der Waals surface area (Å²) in [6.07, 6.45) is 7.05. The van der Waals surface area contributed by atoms with Crippen LogP contribution in [0.2, 0.25) is 0 Å². The fourth-order valence-corrected chi connectivity index (χ4v) is 4.98. The molecule has 2 heterocycles. The molecular formula is C22H26N4O2S. The molecule has 0 bridgehead atoms. The maximum atomic E-state index is 12.9. The average molecular weight is 411 g/mol. The van der Waals surface area contributed by atoms with Gasteiger partial charge in [0.05, 0.1) is 11.7 Å². The molecule has 1 amide bonds. The van der Waals surface area contributed by atoms with Crippen molar-refractivity contribution in [2.24, 2.45) is 0 Å². The van der Waals surface area contributed by atoms with Gasteiger partial charge in [-0.15, -0.1) is 11.3 Å². The highest BCUT2D eigenvalue weighted by Gasteiger charge is 2.20. The Kier molecular flexibility index (Phi) is 6.24. The second-order valence-corrected chi connectivity index (χ2v) is 8.46. The fourth-order valence-electron chi connectivity index (χ4n) is 3.76.